The summed E-state index contributed by atoms with van der Waals surface area (Å²) in [6.07, 6.45) is 2.18. The van der Waals surface area contributed by atoms with Crippen LogP contribution < -0.4 is 4.90 Å². The minimum atomic E-state index is -4.46. The van der Waals surface area contributed by atoms with E-state index in [-0.39, 0.29) is 18.5 Å². The molecule has 0 radical (unpaired) electrons. The minimum absolute atomic E-state index is 0.0233. The summed E-state index contributed by atoms with van der Waals surface area (Å²) < 4.78 is 42.3. The van der Waals surface area contributed by atoms with E-state index in [0.717, 1.165) is 23.2 Å². The highest BCUT2D eigenvalue weighted by Gasteiger charge is 2.33. The van der Waals surface area contributed by atoms with Crippen molar-refractivity contribution in [1.29, 1.82) is 0 Å². The van der Waals surface area contributed by atoms with E-state index in [1.165, 1.54) is 6.07 Å². The number of halogens is 3. The van der Waals surface area contributed by atoms with Gasteiger partial charge in [-0.05, 0) is 50.2 Å². The molecule has 10 heteroatoms. The Morgan fingerprint density at radius 1 is 1.08 bits per heavy atom. The summed E-state index contributed by atoms with van der Waals surface area (Å²) in [4.78, 5) is 29.7. The monoisotopic (exact) mass is 494 g/mol. The lowest BCUT2D eigenvalue weighted by molar-refractivity contribution is -0.137. The van der Waals surface area contributed by atoms with E-state index < -0.39 is 11.7 Å². The SMILES string of the molecule is Cc1ncc(-c2cc(C(F)(F)F)ccc2N2CCN(C(=O)Cn3ccc4cccnc43)C(C)C2)cn1. The first-order chi connectivity index (χ1) is 17.2. The maximum Gasteiger partial charge on any atom is 0.416 e. The molecule has 4 aromatic rings. The summed E-state index contributed by atoms with van der Waals surface area (Å²) in [5.74, 6) is 0.517. The quantitative estimate of drug-likeness (QED) is 0.416. The smallest absolute Gasteiger partial charge is 0.367 e. The fourth-order valence-electron chi connectivity index (χ4n) is 4.68. The molecule has 0 aliphatic carbocycles. The van der Waals surface area contributed by atoms with E-state index in [4.69, 9.17) is 0 Å². The number of pyridine rings is 1. The highest BCUT2D eigenvalue weighted by molar-refractivity contribution is 5.82. The van der Waals surface area contributed by atoms with Crippen molar-refractivity contribution >= 4 is 22.6 Å². The van der Waals surface area contributed by atoms with E-state index in [2.05, 4.69) is 15.0 Å². The standard InChI is InChI=1S/C26H25F3N6O/c1-17-15-33(10-11-35(17)24(36)16-34-9-7-19-4-3-8-30-25(19)34)23-6-5-21(26(27,28)29)12-22(23)20-13-31-18(2)32-14-20/h3-9,12-14,17H,10-11,15-16H2,1-2H3. The Morgan fingerprint density at radius 3 is 2.58 bits per heavy atom. The van der Waals surface area contributed by atoms with Gasteiger partial charge < -0.3 is 14.4 Å². The van der Waals surface area contributed by atoms with Crippen LogP contribution in [0.2, 0.25) is 0 Å². The molecule has 1 aromatic carbocycles. The van der Waals surface area contributed by atoms with Crippen LogP contribution in [0.3, 0.4) is 0 Å². The third-order valence-electron chi connectivity index (χ3n) is 6.53. The Bertz CT molecular complexity index is 1400. The van der Waals surface area contributed by atoms with Crippen LogP contribution in [0.4, 0.5) is 18.9 Å². The van der Waals surface area contributed by atoms with Crippen molar-refractivity contribution in [3.8, 4) is 11.1 Å². The first kappa shape index (κ1) is 23.8. The molecule has 1 aliphatic rings. The number of benzene rings is 1. The third kappa shape index (κ3) is 4.62. The van der Waals surface area contributed by atoms with Crippen LogP contribution in [0.15, 0.2) is 61.2 Å². The molecule has 1 unspecified atom stereocenters. The number of hydrogen-bond acceptors (Lipinski definition) is 5. The highest BCUT2D eigenvalue weighted by atomic mass is 19.4. The summed E-state index contributed by atoms with van der Waals surface area (Å²) in [5, 5.41) is 0.970. The van der Waals surface area contributed by atoms with Gasteiger partial charge in [-0.25, -0.2) is 15.0 Å². The zero-order chi connectivity index (χ0) is 25.4. The molecule has 4 heterocycles. The molecule has 36 heavy (non-hydrogen) atoms. The lowest BCUT2D eigenvalue weighted by Gasteiger charge is -2.41. The second-order valence-corrected chi connectivity index (χ2v) is 8.99. The van der Waals surface area contributed by atoms with Gasteiger partial charge in [-0.3, -0.25) is 4.79 Å². The fourth-order valence-corrected chi connectivity index (χ4v) is 4.68. The van der Waals surface area contributed by atoms with Crippen molar-refractivity contribution in [2.45, 2.75) is 32.6 Å². The molecule has 0 saturated carbocycles. The van der Waals surface area contributed by atoms with Gasteiger partial charge in [-0.1, -0.05) is 0 Å². The Balaban J connectivity index is 1.37. The number of hydrogen-bond donors (Lipinski definition) is 0. The first-order valence-electron chi connectivity index (χ1n) is 11.7. The average Bonchev–Trinajstić information content (AvgIpc) is 3.26. The summed E-state index contributed by atoms with van der Waals surface area (Å²) in [5.41, 5.74) is 1.62. The topological polar surface area (TPSA) is 67.2 Å². The van der Waals surface area contributed by atoms with Gasteiger partial charge in [-0.15, -0.1) is 0 Å². The van der Waals surface area contributed by atoms with Gasteiger partial charge in [0.25, 0.3) is 0 Å². The van der Waals surface area contributed by atoms with E-state index in [9.17, 15) is 18.0 Å². The van der Waals surface area contributed by atoms with Crippen molar-refractivity contribution < 1.29 is 18.0 Å². The van der Waals surface area contributed by atoms with Gasteiger partial charge in [0.15, 0.2) is 0 Å². The summed E-state index contributed by atoms with van der Waals surface area (Å²) in [6, 6.07) is 9.35. The number of carbonyl (C=O) groups excluding carboxylic acids is 1. The molecule has 3 aromatic heterocycles. The molecule has 186 valence electrons. The summed E-state index contributed by atoms with van der Waals surface area (Å²) in [7, 11) is 0. The molecule has 0 bridgehead atoms. The molecule has 1 aliphatic heterocycles. The Morgan fingerprint density at radius 2 is 1.86 bits per heavy atom. The van der Waals surface area contributed by atoms with Crippen molar-refractivity contribution in [2.24, 2.45) is 0 Å². The highest BCUT2D eigenvalue weighted by Crippen LogP contribution is 2.38. The molecule has 1 amide bonds. The minimum Gasteiger partial charge on any atom is -0.367 e. The van der Waals surface area contributed by atoms with Gasteiger partial charge in [0, 0.05) is 72.7 Å². The molecule has 0 N–H and O–H groups in total. The average molecular weight is 495 g/mol. The van der Waals surface area contributed by atoms with Crippen LogP contribution in [0.1, 0.15) is 18.3 Å². The predicted octanol–water partition coefficient (Wildman–Crippen LogP) is 4.56. The maximum absolute atomic E-state index is 13.5. The molecule has 1 atom stereocenters. The largest absolute Gasteiger partial charge is 0.416 e. The zero-order valence-corrected chi connectivity index (χ0v) is 19.9. The van der Waals surface area contributed by atoms with Crippen LogP contribution in [0.25, 0.3) is 22.2 Å². The Kier molecular flexibility index (Phi) is 6.11. The molecule has 5 rings (SSSR count). The Hall–Kier alpha value is -3.95. The number of carbonyl (C=O) groups is 1. The van der Waals surface area contributed by atoms with Crippen LogP contribution in [0, 0.1) is 6.92 Å². The molecule has 1 fully saturated rings. The van der Waals surface area contributed by atoms with Crippen LogP contribution in [-0.4, -0.2) is 56.0 Å². The fraction of sp³-hybridized carbons (Fsp3) is 0.308. The molecule has 0 spiro atoms. The Labute approximate surface area is 206 Å². The number of aromatic nitrogens is 4. The van der Waals surface area contributed by atoms with Gasteiger partial charge in [0.2, 0.25) is 5.91 Å². The second kappa shape index (κ2) is 9.25. The maximum atomic E-state index is 13.5. The van der Waals surface area contributed by atoms with E-state index >= 15 is 0 Å². The van der Waals surface area contributed by atoms with E-state index in [0.29, 0.717) is 42.3 Å². The number of piperazine rings is 1. The predicted molar refractivity (Wildman–Crippen MR) is 130 cm³/mol. The van der Waals surface area contributed by atoms with Crippen molar-refractivity contribution in [3.05, 3.63) is 72.6 Å². The first-order valence-corrected chi connectivity index (χ1v) is 11.7. The number of anilines is 1. The van der Waals surface area contributed by atoms with Crippen LogP contribution in [0.5, 0.6) is 0 Å². The van der Waals surface area contributed by atoms with Crippen LogP contribution in [-0.2, 0) is 17.5 Å². The van der Waals surface area contributed by atoms with Crippen molar-refractivity contribution in [2.75, 3.05) is 24.5 Å². The molecule has 1 saturated heterocycles. The number of nitrogens with zero attached hydrogens (tertiary/aromatic N) is 6. The third-order valence-corrected chi connectivity index (χ3v) is 6.53. The number of aryl methyl sites for hydroxylation is 1. The molecular formula is C26H25F3N6O. The second-order valence-electron chi connectivity index (χ2n) is 8.99. The van der Waals surface area contributed by atoms with Crippen molar-refractivity contribution in [1.82, 2.24) is 24.4 Å². The number of fused-ring (bicyclic) bond motifs is 1. The van der Waals surface area contributed by atoms with Gasteiger partial charge >= 0.3 is 6.18 Å². The number of amides is 1. The van der Waals surface area contributed by atoms with E-state index in [1.807, 2.05) is 45.7 Å². The van der Waals surface area contributed by atoms with Gasteiger partial charge in [-0.2, -0.15) is 13.2 Å². The lowest BCUT2D eigenvalue weighted by atomic mass is 10.0. The normalized spacial score (nSPS) is 16.5. The van der Waals surface area contributed by atoms with Gasteiger partial charge in [0.1, 0.15) is 18.0 Å². The zero-order valence-electron chi connectivity index (χ0n) is 19.9. The summed E-state index contributed by atoms with van der Waals surface area (Å²) >= 11 is 0. The lowest BCUT2D eigenvalue weighted by Crippen LogP contribution is -2.54. The van der Waals surface area contributed by atoms with Crippen LogP contribution >= 0.6 is 0 Å². The molecular weight excluding hydrogens is 469 g/mol. The van der Waals surface area contributed by atoms with Gasteiger partial charge in [0.05, 0.1) is 5.56 Å². The number of rotatable bonds is 4. The number of alkyl halides is 3. The van der Waals surface area contributed by atoms with E-state index in [1.54, 1.807) is 25.5 Å². The summed E-state index contributed by atoms with van der Waals surface area (Å²) in [6.45, 7) is 5.29. The van der Waals surface area contributed by atoms with Crippen molar-refractivity contribution in [3.63, 3.8) is 0 Å². The molecule has 7 nitrogen and oxygen atoms in total.